The molecular weight excluding hydrogens is 386 g/mol. The fraction of sp³-hybridized carbons (Fsp3) is 0.227. The molecule has 3 aromatic rings. The molecule has 3 rings (SSSR count). The monoisotopic (exact) mass is 409 g/mol. The fourth-order valence-corrected chi connectivity index (χ4v) is 2.76. The molecule has 0 fully saturated rings. The van der Waals surface area contributed by atoms with Crippen LogP contribution in [0.1, 0.15) is 21.7 Å². The van der Waals surface area contributed by atoms with Crippen molar-refractivity contribution in [3.63, 3.8) is 0 Å². The summed E-state index contributed by atoms with van der Waals surface area (Å²) in [5, 5.41) is 2.65. The number of benzene rings is 2. The van der Waals surface area contributed by atoms with E-state index < -0.39 is 18.5 Å². The lowest BCUT2D eigenvalue weighted by molar-refractivity contribution is -0.119. The number of hydrogen-bond acceptors (Lipinski definition) is 6. The Morgan fingerprint density at radius 2 is 1.77 bits per heavy atom. The number of H-pyrrole nitrogens is 1. The van der Waals surface area contributed by atoms with Gasteiger partial charge in [0.2, 0.25) is 0 Å². The molecule has 156 valence electrons. The van der Waals surface area contributed by atoms with Crippen LogP contribution >= 0.6 is 0 Å². The highest BCUT2D eigenvalue weighted by molar-refractivity contribution is 5.96. The summed E-state index contributed by atoms with van der Waals surface area (Å²) in [5.41, 5.74) is 3.53. The number of methoxy groups -OCH3 is 2. The zero-order valence-corrected chi connectivity index (χ0v) is 17.2. The highest BCUT2D eigenvalue weighted by Crippen LogP contribution is 2.28. The number of nitrogens with zero attached hydrogens (tertiary/aromatic N) is 1. The minimum absolute atomic E-state index is 0.338. The van der Waals surface area contributed by atoms with Crippen molar-refractivity contribution in [2.45, 2.75) is 13.8 Å². The van der Waals surface area contributed by atoms with Crippen LogP contribution in [-0.4, -0.2) is 42.7 Å². The first-order valence-electron chi connectivity index (χ1n) is 9.24. The molecule has 0 unspecified atom stereocenters. The molecule has 0 aliphatic heterocycles. The first kappa shape index (κ1) is 20.9. The molecule has 0 bridgehead atoms. The second-order valence-electron chi connectivity index (χ2n) is 6.56. The number of amides is 1. The zero-order valence-electron chi connectivity index (χ0n) is 17.2. The van der Waals surface area contributed by atoms with E-state index in [-0.39, 0.29) is 0 Å². The first-order chi connectivity index (χ1) is 14.4. The lowest BCUT2D eigenvalue weighted by Gasteiger charge is -2.12. The molecule has 0 spiro atoms. The van der Waals surface area contributed by atoms with E-state index in [1.807, 2.05) is 13.8 Å². The summed E-state index contributed by atoms with van der Waals surface area (Å²) in [6.45, 7) is 3.44. The van der Waals surface area contributed by atoms with E-state index in [4.69, 9.17) is 14.2 Å². The van der Waals surface area contributed by atoms with Gasteiger partial charge in [0.15, 0.2) is 6.61 Å². The molecule has 0 saturated heterocycles. The molecule has 1 heterocycles. The number of imidazole rings is 1. The largest absolute Gasteiger partial charge is 0.497 e. The van der Waals surface area contributed by atoms with Crippen molar-refractivity contribution >= 4 is 17.6 Å². The smallest absolute Gasteiger partial charge is 0.338 e. The van der Waals surface area contributed by atoms with Gasteiger partial charge >= 0.3 is 5.97 Å². The maximum Gasteiger partial charge on any atom is 0.338 e. The van der Waals surface area contributed by atoms with Crippen LogP contribution in [-0.2, 0) is 9.53 Å². The predicted octanol–water partition coefficient (Wildman–Crippen LogP) is 3.51. The van der Waals surface area contributed by atoms with Crippen LogP contribution in [0, 0.1) is 13.8 Å². The van der Waals surface area contributed by atoms with Gasteiger partial charge in [0.05, 0.1) is 31.2 Å². The van der Waals surface area contributed by atoms with E-state index in [9.17, 15) is 9.59 Å². The fourth-order valence-electron chi connectivity index (χ4n) is 2.76. The number of hydrogen-bond donors (Lipinski definition) is 2. The number of anilines is 1. The number of esters is 1. The summed E-state index contributed by atoms with van der Waals surface area (Å²) < 4.78 is 15.5. The average molecular weight is 409 g/mol. The minimum Gasteiger partial charge on any atom is -0.497 e. The maximum atomic E-state index is 12.3. The van der Waals surface area contributed by atoms with Crippen LogP contribution in [0.5, 0.6) is 11.5 Å². The van der Waals surface area contributed by atoms with Crippen LogP contribution in [0.3, 0.4) is 0 Å². The molecule has 0 atom stereocenters. The number of carbonyl (C=O) groups is 2. The first-order valence-corrected chi connectivity index (χ1v) is 9.24. The predicted molar refractivity (Wildman–Crippen MR) is 112 cm³/mol. The third kappa shape index (κ3) is 4.78. The molecule has 30 heavy (non-hydrogen) atoms. The standard InChI is InChI=1S/C22H23N3O5/c1-13-14(2)24-21(23-13)15-5-7-16(8-6-15)22(27)30-12-20(26)25-18-11-17(28-3)9-10-19(18)29-4/h5-11H,12H2,1-4H3,(H,23,24)(H,25,26). The van der Waals surface area contributed by atoms with Gasteiger partial charge in [-0.05, 0) is 38.1 Å². The minimum atomic E-state index is -0.596. The third-order valence-electron chi connectivity index (χ3n) is 4.54. The van der Waals surface area contributed by atoms with Gasteiger partial charge in [-0.3, -0.25) is 4.79 Å². The Bertz CT molecular complexity index is 1040. The Morgan fingerprint density at radius 1 is 1.03 bits per heavy atom. The van der Waals surface area contributed by atoms with E-state index in [0.717, 1.165) is 22.8 Å². The molecule has 2 N–H and O–H groups in total. The summed E-state index contributed by atoms with van der Waals surface area (Å²) in [7, 11) is 3.02. The van der Waals surface area contributed by atoms with Crippen molar-refractivity contribution in [3.8, 4) is 22.9 Å². The molecule has 0 saturated carbocycles. The second-order valence-corrected chi connectivity index (χ2v) is 6.56. The number of aromatic amines is 1. The van der Waals surface area contributed by atoms with Crippen molar-refractivity contribution in [1.82, 2.24) is 9.97 Å². The normalized spacial score (nSPS) is 10.4. The topological polar surface area (TPSA) is 103 Å². The molecule has 0 radical (unpaired) electrons. The number of nitrogens with one attached hydrogen (secondary N) is 2. The Hall–Kier alpha value is -3.81. The Kier molecular flexibility index (Phi) is 6.36. The van der Waals surface area contributed by atoms with Gasteiger partial charge in [-0.15, -0.1) is 0 Å². The highest BCUT2D eigenvalue weighted by Gasteiger charge is 2.14. The summed E-state index contributed by atoms with van der Waals surface area (Å²) in [6, 6.07) is 11.8. The van der Waals surface area contributed by atoms with E-state index >= 15 is 0 Å². The molecule has 1 amide bonds. The van der Waals surface area contributed by atoms with Gasteiger partial charge in [0, 0.05) is 17.3 Å². The van der Waals surface area contributed by atoms with Gasteiger partial charge in [-0.1, -0.05) is 12.1 Å². The summed E-state index contributed by atoms with van der Waals surface area (Å²) in [4.78, 5) is 32.1. The van der Waals surface area contributed by atoms with Gasteiger partial charge < -0.3 is 24.5 Å². The van der Waals surface area contributed by atoms with Crippen LogP contribution in [0.2, 0.25) is 0 Å². The molecule has 0 aliphatic rings. The van der Waals surface area contributed by atoms with Gasteiger partial charge in [0.25, 0.3) is 5.91 Å². The molecule has 1 aromatic heterocycles. The van der Waals surface area contributed by atoms with Gasteiger partial charge in [-0.2, -0.15) is 0 Å². The van der Waals surface area contributed by atoms with Crippen molar-refractivity contribution in [2.24, 2.45) is 0 Å². The SMILES string of the molecule is COc1ccc(OC)c(NC(=O)COC(=O)c2ccc(-c3nc(C)c(C)[nH]3)cc2)c1. The average Bonchev–Trinajstić information content (AvgIpc) is 3.10. The van der Waals surface area contributed by atoms with Crippen molar-refractivity contribution in [3.05, 3.63) is 59.4 Å². The number of aryl methyl sites for hydroxylation is 2. The van der Waals surface area contributed by atoms with Crippen molar-refractivity contribution in [1.29, 1.82) is 0 Å². The van der Waals surface area contributed by atoms with E-state index in [0.29, 0.717) is 22.7 Å². The van der Waals surface area contributed by atoms with Crippen LogP contribution in [0.4, 0.5) is 5.69 Å². The molecule has 0 aliphatic carbocycles. The Morgan fingerprint density at radius 3 is 2.37 bits per heavy atom. The third-order valence-corrected chi connectivity index (χ3v) is 4.54. The van der Waals surface area contributed by atoms with E-state index in [2.05, 4.69) is 15.3 Å². The van der Waals surface area contributed by atoms with Gasteiger partial charge in [0.1, 0.15) is 17.3 Å². The Labute approximate surface area is 174 Å². The second kappa shape index (κ2) is 9.13. The number of rotatable bonds is 7. The Balaban J connectivity index is 1.59. The van der Waals surface area contributed by atoms with Crippen LogP contribution in [0.15, 0.2) is 42.5 Å². The molecule has 2 aromatic carbocycles. The lowest BCUT2D eigenvalue weighted by atomic mass is 10.1. The zero-order chi connectivity index (χ0) is 21.7. The van der Waals surface area contributed by atoms with Crippen LogP contribution < -0.4 is 14.8 Å². The van der Waals surface area contributed by atoms with Crippen LogP contribution in [0.25, 0.3) is 11.4 Å². The maximum absolute atomic E-state index is 12.3. The van der Waals surface area contributed by atoms with E-state index in [1.165, 1.54) is 14.2 Å². The van der Waals surface area contributed by atoms with Crippen molar-refractivity contribution < 1.29 is 23.8 Å². The quantitative estimate of drug-likeness (QED) is 0.579. The molecular formula is C22H23N3O5. The summed E-state index contributed by atoms with van der Waals surface area (Å²) >= 11 is 0. The number of carbonyl (C=O) groups excluding carboxylic acids is 2. The number of ether oxygens (including phenoxy) is 3. The molecule has 8 nitrogen and oxygen atoms in total. The lowest BCUT2D eigenvalue weighted by Crippen LogP contribution is -2.21. The highest BCUT2D eigenvalue weighted by atomic mass is 16.5. The molecule has 8 heteroatoms. The summed E-state index contributed by atoms with van der Waals surface area (Å²) in [6.07, 6.45) is 0. The van der Waals surface area contributed by atoms with E-state index in [1.54, 1.807) is 42.5 Å². The summed E-state index contributed by atoms with van der Waals surface area (Å²) in [5.74, 6) is 0.672. The van der Waals surface area contributed by atoms with Gasteiger partial charge in [-0.25, -0.2) is 9.78 Å². The number of aromatic nitrogens is 2. The van der Waals surface area contributed by atoms with Crippen molar-refractivity contribution in [2.75, 3.05) is 26.1 Å².